The quantitative estimate of drug-likeness (QED) is 0.0967. The van der Waals surface area contributed by atoms with Crippen LogP contribution in [0, 0.1) is 23.3 Å². The van der Waals surface area contributed by atoms with Gasteiger partial charge in [0.05, 0.1) is 19.1 Å². The number of sulfonamides is 1. The molecule has 0 fully saturated rings. The molecule has 3 aromatic carbocycles. The Morgan fingerprint density at radius 3 is 1.71 bits per heavy atom. The molecule has 42 heavy (non-hydrogen) atoms. The van der Waals surface area contributed by atoms with Gasteiger partial charge in [0.1, 0.15) is 0 Å². The van der Waals surface area contributed by atoms with E-state index in [9.17, 15) is 35.6 Å². The van der Waals surface area contributed by atoms with Crippen LogP contribution in [0.25, 0.3) is 0 Å². The smallest absolute Gasteiger partial charge is 0.343 e. The van der Waals surface area contributed by atoms with E-state index >= 15 is 0 Å². The zero-order chi connectivity index (χ0) is 31.3. The van der Waals surface area contributed by atoms with Crippen LogP contribution in [0.1, 0.15) is 0 Å². The molecule has 0 radical (unpaired) electrons. The molecule has 9 nitrogen and oxygen atoms in total. The summed E-state index contributed by atoms with van der Waals surface area (Å²) in [5, 5.41) is 0. The molecule has 3 rings (SSSR count). The van der Waals surface area contributed by atoms with Crippen LogP contribution in [0.5, 0.6) is 11.5 Å². The lowest BCUT2D eigenvalue weighted by molar-refractivity contribution is -0.143. The predicted molar refractivity (Wildman–Crippen MR) is 147 cm³/mol. The summed E-state index contributed by atoms with van der Waals surface area (Å²) in [6.45, 7) is -1.08. The topological polar surface area (TPSA) is 117 Å². The van der Waals surface area contributed by atoms with Crippen molar-refractivity contribution in [3.05, 3.63) is 77.9 Å². The number of benzene rings is 3. The molecule has 0 aliphatic heterocycles. The molecule has 16 heteroatoms. The summed E-state index contributed by atoms with van der Waals surface area (Å²) in [6, 6.07) is 11.9. The monoisotopic (exact) mass is 651 g/mol. The minimum absolute atomic E-state index is 0.0751. The number of rotatable bonds is 12. The van der Waals surface area contributed by atoms with E-state index in [1.54, 1.807) is 18.2 Å². The van der Waals surface area contributed by atoms with Gasteiger partial charge in [-0.15, -0.1) is 24.4 Å². The minimum atomic E-state index is -3.63. The molecule has 0 atom stereocenters. The number of hydrogen-bond donors (Lipinski definition) is 2. The Labute approximate surface area is 248 Å². The minimum Gasteiger partial charge on any atom is -0.476 e. The fraction of sp³-hybridized carbons (Fsp3) is 0.231. The largest absolute Gasteiger partial charge is 0.476 e. The van der Waals surface area contributed by atoms with Crippen molar-refractivity contribution >= 4 is 46.4 Å². The normalized spacial score (nSPS) is 10.7. The molecule has 0 aliphatic carbocycles. The standard InChI is InChI=1S/C17H17F2NO5S2.C9H8F2O3S/c1-24-16(21)11-25-17-14(18)9-12(10-15(17)19)26-8-7-20-27(22,23)13-5-3-2-4-6-13;1-13-8(12)4-14-9-6(10)2-5(15)3-7(9)11/h2-6,9-10,20H,7-8,11H2,1H3;2-3,15H,4H2,1H3. The average molecular weight is 652 g/mol. The van der Waals surface area contributed by atoms with Crippen molar-refractivity contribution in [3.63, 3.8) is 0 Å². The molecule has 0 bridgehead atoms. The van der Waals surface area contributed by atoms with Gasteiger partial charge in [-0.2, -0.15) is 0 Å². The third-order valence-corrected chi connectivity index (χ3v) is 7.51. The molecule has 0 heterocycles. The van der Waals surface area contributed by atoms with Crippen molar-refractivity contribution in [2.45, 2.75) is 14.7 Å². The lowest BCUT2D eigenvalue weighted by Crippen LogP contribution is -2.25. The number of esters is 2. The Kier molecular flexibility index (Phi) is 13.9. The Hall–Kier alpha value is -3.47. The first-order valence-electron chi connectivity index (χ1n) is 11.6. The van der Waals surface area contributed by atoms with Crippen LogP contribution in [-0.2, 0) is 29.1 Å². The highest BCUT2D eigenvalue weighted by atomic mass is 32.2. The summed E-state index contributed by atoms with van der Waals surface area (Å²) in [4.78, 5) is 22.2. The van der Waals surface area contributed by atoms with Crippen LogP contribution in [0.4, 0.5) is 17.6 Å². The second-order valence-electron chi connectivity index (χ2n) is 7.74. The summed E-state index contributed by atoms with van der Waals surface area (Å²) in [7, 11) is -1.35. The van der Waals surface area contributed by atoms with Gasteiger partial charge in [0.15, 0.2) is 48.0 Å². The number of halogens is 4. The molecule has 0 saturated carbocycles. The molecule has 3 aromatic rings. The highest BCUT2D eigenvalue weighted by Crippen LogP contribution is 2.28. The maximum Gasteiger partial charge on any atom is 0.343 e. The average Bonchev–Trinajstić information content (AvgIpc) is 2.94. The number of thiol groups is 1. The molecular weight excluding hydrogens is 626 g/mol. The van der Waals surface area contributed by atoms with Gasteiger partial charge in [0, 0.05) is 22.1 Å². The molecule has 1 N–H and O–H groups in total. The highest BCUT2D eigenvalue weighted by Gasteiger charge is 2.16. The van der Waals surface area contributed by atoms with Gasteiger partial charge < -0.3 is 18.9 Å². The maximum absolute atomic E-state index is 13.9. The molecule has 0 amide bonds. The van der Waals surface area contributed by atoms with E-state index in [0.717, 1.165) is 50.2 Å². The molecule has 0 saturated heterocycles. The molecule has 0 unspecified atom stereocenters. The number of methoxy groups -OCH3 is 2. The molecule has 0 spiro atoms. The predicted octanol–water partition coefficient (Wildman–Crippen LogP) is 4.39. The summed E-state index contributed by atoms with van der Waals surface area (Å²) in [5.41, 5.74) is 0. The van der Waals surface area contributed by atoms with E-state index in [1.807, 2.05) is 0 Å². The summed E-state index contributed by atoms with van der Waals surface area (Å²) in [5.74, 6) is -6.27. The second kappa shape index (κ2) is 16.8. The first-order valence-corrected chi connectivity index (χ1v) is 14.5. The lowest BCUT2D eigenvalue weighted by atomic mass is 10.3. The Bertz CT molecular complexity index is 1430. The van der Waals surface area contributed by atoms with Crippen LogP contribution in [0.15, 0.2) is 69.3 Å². The van der Waals surface area contributed by atoms with Crippen LogP contribution in [-0.4, -0.2) is 60.1 Å². The zero-order valence-corrected chi connectivity index (χ0v) is 24.6. The fourth-order valence-electron chi connectivity index (χ4n) is 2.85. The van der Waals surface area contributed by atoms with E-state index in [1.165, 1.54) is 12.1 Å². The molecule has 0 aliphatic rings. The van der Waals surface area contributed by atoms with Crippen LogP contribution >= 0.6 is 24.4 Å². The van der Waals surface area contributed by atoms with E-state index in [-0.39, 0.29) is 27.0 Å². The van der Waals surface area contributed by atoms with Crippen LogP contribution in [0.2, 0.25) is 0 Å². The molecular formula is C26H25F4NO8S3. The second-order valence-corrected chi connectivity index (χ2v) is 11.2. The van der Waals surface area contributed by atoms with Crippen molar-refractivity contribution in [2.24, 2.45) is 0 Å². The van der Waals surface area contributed by atoms with Crippen molar-refractivity contribution < 1.29 is 54.5 Å². The number of ether oxygens (including phenoxy) is 4. The van der Waals surface area contributed by atoms with E-state index in [0.29, 0.717) is 0 Å². The van der Waals surface area contributed by atoms with Crippen molar-refractivity contribution in [3.8, 4) is 11.5 Å². The Morgan fingerprint density at radius 2 is 1.26 bits per heavy atom. The van der Waals surface area contributed by atoms with Gasteiger partial charge in [-0.25, -0.2) is 40.3 Å². The summed E-state index contributed by atoms with van der Waals surface area (Å²) < 4.78 is 98.6. The third kappa shape index (κ3) is 11.1. The van der Waals surface area contributed by atoms with Crippen molar-refractivity contribution in [1.29, 1.82) is 0 Å². The third-order valence-electron chi connectivity index (χ3n) is 4.80. The van der Waals surface area contributed by atoms with Crippen LogP contribution in [0.3, 0.4) is 0 Å². The Balaban J connectivity index is 0.000000347. The number of nitrogens with one attached hydrogen (secondary N) is 1. The SMILES string of the molecule is COC(=O)COc1c(F)cc(S)cc1F.COC(=O)COc1c(F)cc(SCCNS(=O)(=O)c2ccccc2)cc1F. The first kappa shape index (κ1) is 34.7. The van der Waals surface area contributed by atoms with Gasteiger partial charge in [0.25, 0.3) is 0 Å². The van der Waals surface area contributed by atoms with Gasteiger partial charge in [-0.3, -0.25) is 0 Å². The number of carbonyl (C=O) groups is 2. The van der Waals surface area contributed by atoms with Crippen molar-refractivity contribution in [2.75, 3.05) is 39.7 Å². The lowest BCUT2D eigenvalue weighted by Gasteiger charge is -2.10. The Morgan fingerprint density at radius 1 is 0.810 bits per heavy atom. The van der Waals surface area contributed by atoms with Gasteiger partial charge in [-0.05, 0) is 36.4 Å². The van der Waals surface area contributed by atoms with Gasteiger partial charge in [-0.1, -0.05) is 18.2 Å². The van der Waals surface area contributed by atoms with E-state index in [4.69, 9.17) is 4.74 Å². The molecule has 0 aromatic heterocycles. The number of hydrogen-bond acceptors (Lipinski definition) is 10. The summed E-state index contributed by atoms with van der Waals surface area (Å²) in [6.07, 6.45) is 0. The van der Waals surface area contributed by atoms with E-state index in [2.05, 4.69) is 31.6 Å². The van der Waals surface area contributed by atoms with Gasteiger partial charge in [0.2, 0.25) is 10.0 Å². The fourth-order valence-corrected chi connectivity index (χ4v) is 5.07. The highest BCUT2D eigenvalue weighted by molar-refractivity contribution is 7.99. The van der Waals surface area contributed by atoms with Crippen molar-refractivity contribution in [1.82, 2.24) is 4.72 Å². The number of thioether (sulfide) groups is 1. The number of carbonyl (C=O) groups excluding carboxylic acids is 2. The molecule has 228 valence electrons. The van der Waals surface area contributed by atoms with E-state index < -0.39 is 69.9 Å². The first-order chi connectivity index (χ1) is 19.9. The van der Waals surface area contributed by atoms with Crippen LogP contribution < -0.4 is 14.2 Å². The van der Waals surface area contributed by atoms with Gasteiger partial charge >= 0.3 is 11.9 Å². The summed E-state index contributed by atoms with van der Waals surface area (Å²) >= 11 is 4.84. The zero-order valence-electron chi connectivity index (χ0n) is 22.1. The maximum atomic E-state index is 13.9.